The third kappa shape index (κ3) is 2.50. The van der Waals surface area contributed by atoms with Gasteiger partial charge in [-0.1, -0.05) is 24.3 Å². The highest BCUT2D eigenvalue weighted by molar-refractivity contribution is 7.99. The number of fused-ring (bicyclic) bond motifs is 4. The molecule has 18 heavy (non-hydrogen) atoms. The Bertz CT molecular complexity index is 403. The van der Waals surface area contributed by atoms with E-state index in [1.165, 1.54) is 37.2 Å². The summed E-state index contributed by atoms with van der Waals surface area (Å²) in [5.74, 6) is 1.61. The van der Waals surface area contributed by atoms with Gasteiger partial charge in [-0.05, 0) is 49.8 Å². The first kappa shape index (κ1) is 12.3. The van der Waals surface area contributed by atoms with Crippen LogP contribution in [0, 0.1) is 11.8 Å². The average Bonchev–Trinajstić information content (AvgIpc) is 2.72. The Morgan fingerprint density at radius 1 is 1.17 bits per heavy atom. The molecule has 0 aliphatic carbocycles. The van der Waals surface area contributed by atoms with Crippen molar-refractivity contribution in [3.8, 4) is 0 Å². The van der Waals surface area contributed by atoms with Crippen LogP contribution in [0.15, 0.2) is 47.9 Å². The minimum atomic E-state index is 0.669. The maximum Gasteiger partial charge on any atom is 0.0604 e. The Labute approximate surface area is 114 Å². The molecular formula is C16H21NS. The molecule has 2 bridgehead atoms. The first-order valence-electron chi connectivity index (χ1n) is 6.95. The van der Waals surface area contributed by atoms with Gasteiger partial charge < -0.3 is 0 Å². The molecule has 0 N–H and O–H groups in total. The van der Waals surface area contributed by atoms with Crippen LogP contribution in [-0.2, 0) is 0 Å². The second-order valence-electron chi connectivity index (χ2n) is 5.41. The van der Waals surface area contributed by atoms with Gasteiger partial charge in [0.2, 0.25) is 0 Å². The van der Waals surface area contributed by atoms with Gasteiger partial charge in [0.15, 0.2) is 0 Å². The van der Waals surface area contributed by atoms with E-state index >= 15 is 0 Å². The Hall–Kier alpha value is -0.730. The number of hydrogen-bond donors (Lipinski definition) is 0. The van der Waals surface area contributed by atoms with Crippen molar-refractivity contribution in [2.45, 2.75) is 29.5 Å². The van der Waals surface area contributed by atoms with E-state index in [9.17, 15) is 0 Å². The zero-order valence-corrected chi connectivity index (χ0v) is 11.6. The third-order valence-corrected chi connectivity index (χ3v) is 5.70. The molecule has 3 saturated heterocycles. The van der Waals surface area contributed by atoms with E-state index in [0.717, 1.165) is 11.8 Å². The standard InChI is InChI=1S/C16H21NS/c1-2-13-12-17-11-10-14(13)8-9-16(17)18-15-6-4-3-5-7-15/h2-7,13-14,16H,1,8-12H2/t13-,14+,16+/m0/s1. The van der Waals surface area contributed by atoms with Crippen molar-refractivity contribution in [2.75, 3.05) is 13.1 Å². The van der Waals surface area contributed by atoms with Crippen molar-refractivity contribution in [3.05, 3.63) is 43.0 Å². The molecule has 0 radical (unpaired) electrons. The smallest absolute Gasteiger partial charge is 0.0604 e. The van der Waals surface area contributed by atoms with Crippen LogP contribution in [0.2, 0.25) is 0 Å². The lowest BCUT2D eigenvalue weighted by Crippen LogP contribution is -2.40. The highest BCUT2D eigenvalue weighted by Gasteiger charge is 2.35. The highest BCUT2D eigenvalue weighted by atomic mass is 32.2. The number of nitrogens with zero attached hydrogens (tertiary/aromatic N) is 1. The van der Waals surface area contributed by atoms with E-state index in [-0.39, 0.29) is 0 Å². The van der Waals surface area contributed by atoms with E-state index in [2.05, 4.69) is 47.9 Å². The summed E-state index contributed by atoms with van der Waals surface area (Å²) in [6.45, 7) is 6.52. The van der Waals surface area contributed by atoms with Crippen molar-refractivity contribution in [1.82, 2.24) is 4.90 Å². The fourth-order valence-electron chi connectivity index (χ4n) is 3.27. The first-order valence-corrected chi connectivity index (χ1v) is 7.83. The van der Waals surface area contributed by atoms with Gasteiger partial charge in [0.1, 0.15) is 0 Å². The number of hydrogen-bond acceptors (Lipinski definition) is 2. The van der Waals surface area contributed by atoms with Crippen LogP contribution < -0.4 is 0 Å². The van der Waals surface area contributed by atoms with Crippen molar-refractivity contribution < 1.29 is 0 Å². The molecule has 3 aliphatic heterocycles. The molecule has 4 atom stereocenters. The molecule has 3 fully saturated rings. The molecule has 0 saturated carbocycles. The quantitative estimate of drug-likeness (QED) is 0.754. The lowest BCUT2D eigenvalue weighted by Gasteiger charge is -2.36. The van der Waals surface area contributed by atoms with Crippen molar-refractivity contribution in [2.24, 2.45) is 11.8 Å². The van der Waals surface area contributed by atoms with Crippen LogP contribution in [0.25, 0.3) is 0 Å². The van der Waals surface area contributed by atoms with Crippen LogP contribution in [0.1, 0.15) is 19.3 Å². The predicted molar refractivity (Wildman–Crippen MR) is 78.7 cm³/mol. The van der Waals surface area contributed by atoms with Crippen LogP contribution in [0.5, 0.6) is 0 Å². The van der Waals surface area contributed by atoms with Crippen molar-refractivity contribution in [1.29, 1.82) is 0 Å². The SMILES string of the molecule is C=C[C@H]1CN2CC[C@H]1CC[C@H]2Sc1ccccc1. The lowest BCUT2D eigenvalue weighted by atomic mass is 9.85. The molecule has 4 rings (SSSR count). The van der Waals surface area contributed by atoms with Crippen LogP contribution >= 0.6 is 11.8 Å². The Morgan fingerprint density at radius 2 is 2.00 bits per heavy atom. The Morgan fingerprint density at radius 3 is 2.78 bits per heavy atom. The van der Waals surface area contributed by atoms with Gasteiger partial charge in [0, 0.05) is 11.4 Å². The maximum atomic E-state index is 4.02. The van der Waals surface area contributed by atoms with Crippen molar-refractivity contribution >= 4 is 11.8 Å². The van der Waals surface area contributed by atoms with E-state index in [4.69, 9.17) is 0 Å². The summed E-state index contributed by atoms with van der Waals surface area (Å²) in [7, 11) is 0. The van der Waals surface area contributed by atoms with E-state index < -0.39 is 0 Å². The molecule has 1 aromatic carbocycles. The normalized spacial score (nSPS) is 35.1. The molecule has 1 unspecified atom stereocenters. The number of piperidine rings is 1. The van der Waals surface area contributed by atoms with Gasteiger partial charge in [-0.25, -0.2) is 0 Å². The van der Waals surface area contributed by atoms with Crippen LogP contribution in [0.3, 0.4) is 0 Å². The molecule has 0 aromatic heterocycles. The third-order valence-electron chi connectivity index (χ3n) is 4.35. The van der Waals surface area contributed by atoms with Gasteiger partial charge >= 0.3 is 0 Å². The minimum Gasteiger partial charge on any atom is -0.291 e. The van der Waals surface area contributed by atoms with Crippen molar-refractivity contribution in [3.63, 3.8) is 0 Å². The summed E-state index contributed by atoms with van der Waals surface area (Å²) in [4.78, 5) is 4.08. The molecule has 96 valence electrons. The number of rotatable bonds is 3. The molecule has 0 spiro atoms. The lowest BCUT2D eigenvalue weighted by molar-refractivity contribution is 0.171. The monoisotopic (exact) mass is 259 g/mol. The zero-order chi connectivity index (χ0) is 12.4. The molecule has 2 heteroatoms. The van der Waals surface area contributed by atoms with E-state index in [1.54, 1.807) is 0 Å². The summed E-state index contributed by atoms with van der Waals surface area (Å²) in [5, 5.41) is 0.669. The molecule has 1 nitrogen and oxygen atoms in total. The van der Waals surface area contributed by atoms with Gasteiger partial charge in [-0.2, -0.15) is 0 Å². The Balaban J connectivity index is 1.72. The number of thioether (sulfide) groups is 1. The molecular weight excluding hydrogens is 238 g/mol. The summed E-state index contributed by atoms with van der Waals surface area (Å²) in [5.41, 5.74) is 0. The molecule has 1 aromatic rings. The fourth-order valence-corrected chi connectivity index (χ4v) is 4.50. The van der Waals surface area contributed by atoms with E-state index in [1.807, 2.05) is 11.8 Å². The average molecular weight is 259 g/mol. The van der Waals surface area contributed by atoms with E-state index in [0.29, 0.717) is 5.37 Å². The Kier molecular flexibility index (Phi) is 3.76. The predicted octanol–water partition coefficient (Wildman–Crippen LogP) is 4.02. The van der Waals surface area contributed by atoms with Gasteiger partial charge in [0.05, 0.1) is 5.37 Å². The first-order chi connectivity index (χ1) is 8.86. The number of benzene rings is 1. The summed E-state index contributed by atoms with van der Waals surface area (Å²) < 4.78 is 0. The second kappa shape index (κ2) is 5.50. The maximum absolute atomic E-state index is 4.02. The summed E-state index contributed by atoms with van der Waals surface area (Å²) in [6, 6.07) is 10.8. The highest BCUT2D eigenvalue weighted by Crippen LogP contribution is 2.40. The fraction of sp³-hybridized carbons (Fsp3) is 0.500. The van der Waals surface area contributed by atoms with Crippen LogP contribution in [-0.4, -0.2) is 23.4 Å². The largest absolute Gasteiger partial charge is 0.291 e. The second-order valence-corrected chi connectivity index (χ2v) is 6.66. The van der Waals surface area contributed by atoms with Gasteiger partial charge in [0.25, 0.3) is 0 Å². The van der Waals surface area contributed by atoms with Gasteiger partial charge in [-0.3, -0.25) is 4.90 Å². The molecule has 3 heterocycles. The van der Waals surface area contributed by atoms with Crippen LogP contribution in [0.4, 0.5) is 0 Å². The topological polar surface area (TPSA) is 3.24 Å². The zero-order valence-electron chi connectivity index (χ0n) is 10.8. The summed E-state index contributed by atoms with van der Waals surface area (Å²) in [6.07, 6.45) is 6.25. The van der Waals surface area contributed by atoms with Gasteiger partial charge in [-0.15, -0.1) is 18.3 Å². The summed E-state index contributed by atoms with van der Waals surface area (Å²) >= 11 is 2.04. The molecule has 0 amide bonds. The minimum absolute atomic E-state index is 0.669. The molecule has 3 aliphatic rings.